The summed E-state index contributed by atoms with van der Waals surface area (Å²) in [5.74, 6) is 0. The third kappa shape index (κ3) is 5.21. The van der Waals surface area contributed by atoms with E-state index in [9.17, 15) is 0 Å². The highest BCUT2D eigenvalue weighted by molar-refractivity contribution is 5.87. The van der Waals surface area contributed by atoms with Gasteiger partial charge in [-0.1, -0.05) is 141 Å². The summed E-state index contributed by atoms with van der Waals surface area (Å²) in [4.78, 5) is 2.35. The third-order valence-electron chi connectivity index (χ3n) is 9.43. The molecule has 0 N–H and O–H groups in total. The Kier molecular flexibility index (Phi) is 7.31. The molecule has 1 aliphatic rings. The first-order valence-corrected chi connectivity index (χ1v) is 15.6. The maximum Gasteiger partial charge on any atom is 0.0467 e. The van der Waals surface area contributed by atoms with Crippen LogP contribution in [0.5, 0.6) is 0 Å². The van der Waals surface area contributed by atoms with Gasteiger partial charge in [0.1, 0.15) is 0 Å². The van der Waals surface area contributed by atoms with Crippen molar-refractivity contribution in [3.63, 3.8) is 0 Å². The van der Waals surface area contributed by atoms with E-state index in [-0.39, 0.29) is 5.41 Å². The molecular formula is C44H37N. The van der Waals surface area contributed by atoms with Crippen molar-refractivity contribution in [3.8, 4) is 33.4 Å². The van der Waals surface area contributed by atoms with Crippen LogP contribution in [0.15, 0.2) is 170 Å². The van der Waals surface area contributed by atoms with E-state index in [1.165, 1.54) is 55.7 Å². The monoisotopic (exact) mass is 579 g/mol. The molecule has 218 valence electrons. The van der Waals surface area contributed by atoms with Crippen LogP contribution in [0.4, 0.5) is 17.1 Å². The zero-order valence-electron chi connectivity index (χ0n) is 26.2. The van der Waals surface area contributed by atoms with Crippen molar-refractivity contribution in [2.45, 2.75) is 26.2 Å². The highest BCUT2D eigenvalue weighted by Crippen LogP contribution is 2.47. The van der Waals surface area contributed by atoms with Gasteiger partial charge in [-0.05, 0) is 99.5 Å². The second-order valence-corrected chi connectivity index (χ2v) is 12.3. The summed E-state index contributed by atoms with van der Waals surface area (Å²) in [6.45, 7) is 11.0. The molecule has 1 aliphatic carbocycles. The quantitative estimate of drug-likeness (QED) is 0.182. The minimum absolute atomic E-state index is 0.0126. The van der Waals surface area contributed by atoms with Gasteiger partial charge in [0.05, 0.1) is 0 Å². The van der Waals surface area contributed by atoms with Crippen molar-refractivity contribution in [3.05, 3.63) is 181 Å². The molecule has 6 aromatic carbocycles. The van der Waals surface area contributed by atoms with Gasteiger partial charge in [-0.3, -0.25) is 0 Å². The Labute approximate surface area is 267 Å². The number of nitrogens with zero attached hydrogens (tertiary/aromatic N) is 1. The minimum Gasteiger partial charge on any atom is -0.310 e. The van der Waals surface area contributed by atoms with Gasteiger partial charge in [0.15, 0.2) is 0 Å². The van der Waals surface area contributed by atoms with E-state index < -0.39 is 0 Å². The Bertz CT molecular complexity index is 2010. The van der Waals surface area contributed by atoms with Gasteiger partial charge < -0.3 is 4.90 Å². The van der Waals surface area contributed by atoms with E-state index in [1.807, 2.05) is 6.08 Å². The van der Waals surface area contributed by atoms with E-state index in [0.29, 0.717) is 0 Å². The second kappa shape index (κ2) is 11.6. The van der Waals surface area contributed by atoms with Gasteiger partial charge in [-0.25, -0.2) is 0 Å². The molecule has 0 saturated heterocycles. The van der Waals surface area contributed by atoms with Crippen molar-refractivity contribution in [1.82, 2.24) is 0 Å². The highest BCUT2D eigenvalue weighted by atomic mass is 15.1. The maximum atomic E-state index is 4.09. The molecule has 0 saturated carbocycles. The normalized spacial score (nSPS) is 13.4. The summed E-state index contributed by atoms with van der Waals surface area (Å²) in [7, 11) is 0. The molecule has 0 radical (unpaired) electrons. The average Bonchev–Trinajstić information content (AvgIpc) is 3.29. The summed E-state index contributed by atoms with van der Waals surface area (Å²) >= 11 is 0. The maximum absolute atomic E-state index is 4.09. The first kappa shape index (κ1) is 28.4. The Morgan fingerprint density at radius 3 is 1.53 bits per heavy atom. The Morgan fingerprint density at radius 1 is 0.489 bits per heavy atom. The molecule has 1 heteroatoms. The van der Waals surface area contributed by atoms with Gasteiger partial charge in [-0.2, -0.15) is 0 Å². The average molecular weight is 580 g/mol. The van der Waals surface area contributed by atoms with E-state index in [1.54, 1.807) is 0 Å². The van der Waals surface area contributed by atoms with Crippen molar-refractivity contribution in [2.75, 3.05) is 4.90 Å². The van der Waals surface area contributed by atoms with Crippen molar-refractivity contribution in [2.24, 2.45) is 0 Å². The van der Waals surface area contributed by atoms with Gasteiger partial charge in [0.25, 0.3) is 0 Å². The summed E-state index contributed by atoms with van der Waals surface area (Å²) in [6, 6.07) is 54.7. The lowest BCUT2D eigenvalue weighted by atomic mass is 9.81. The molecule has 0 aliphatic heterocycles. The van der Waals surface area contributed by atoms with Crippen molar-refractivity contribution >= 4 is 22.6 Å². The first-order chi connectivity index (χ1) is 21.9. The molecule has 0 heterocycles. The van der Waals surface area contributed by atoms with Crippen LogP contribution in [-0.4, -0.2) is 0 Å². The molecule has 0 bridgehead atoms. The number of hydrogen-bond donors (Lipinski definition) is 0. The molecular weight excluding hydrogens is 542 g/mol. The standard InChI is InChI=1S/C44H37N/c1-5-41-31(2)44(3,4)43-30-37(23-28-42(41)43)35-21-26-39(27-22-35)45(38-24-19-34(20-25-38)32-13-8-6-9-14-32)40-18-12-17-36(29-40)33-15-10-7-11-16-33/h5-30H,1H2,2-4H3. The Hall–Kier alpha value is -5.40. The van der Waals surface area contributed by atoms with Crippen molar-refractivity contribution < 1.29 is 0 Å². The third-order valence-corrected chi connectivity index (χ3v) is 9.43. The van der Waals surface area contributed by atoms with Crippen LogP contribution in [0.25, 0.3) is 39.0 Å². The highest BCUT2D eigenvalue weighted by Gasteiger charge is 2.34. The predicted octanol–water partition coefficient (Wildman–Crippen LogP) is 12.4. The number of benzene rings is 6. The van der Waals surface area contributed by atoms with Crippen LogP contribution < -0.4 is 4.90 Å². The predicted molar refractivity (Wildman–Crippen MR) is 193 cm³/mol. The number of allylic oxidation sites excluding steroid dienone is 3. The van der Waals surface area contributed by atoms with Gasteiger partial charge in [0.2, 0.25) is 0 Å². The minimum atomic E-state index is -0.0126. The molecule has 45 heavy (non-hydrogen) atoms. The molecule has 6 aromatic rings. The first-order valence-electron chi connectivity index (χ1n) is 15.6. The molecule has 0 spiro atoms. The van der Waals surface area contributed by atoms with E-state index >= 15 is 0 Å². The smallest absolute Gasteiger partial charge is 0.0467 e. The fraction of sp³-hybridized carbons (Fsp3) is 0.0909. The van der Waals surface area contributed by atoms with Crippen LogP contribution >= 0.6 is 0 Å². The zero-order valence-corrected chi connectivity index (χ0v) is 26.2. The number of rotatable bonds is 7. The molecule has 0 amide bonds. The zero-order chi connectivity index (χ0) is 31.0. The molecule has 0 aromatic heterocycles. The van der Waals surface area contributed by atoms with Crippen molar-refractivity contribution in [1.29, 1.82) is 0 Å². The Balaban J connectivity index is 1.28. The van der Waals surface area contributed by atoms with E-state index in [4.69, 9.17) is 0 Å². The van der Waals surface area contributed by atoms with E-state index in [2.05, 4.69) is 184 Å². The van der Waals surface area contributed by atoms with Crippen LogP contribution in [0, 0.1) is 0 Å². The van der Waals surface area contributed by atoms with Gasteiger partial charge in [-0.15, -0.1) is 0 Å². The molecule has 0 atom stereocenters. The number of fused-ring (bicyclic) bond motifs is 1. The molecule has 0 unspecified atom stereocenters. The fourth-order valence-electron chi connectivity index (χ4n) is 6.62. The lowest BCUT2D eigenvalue weighted by molar-refractivity contribution is 0.639. The largest absolute Gasteiger partial charge is 0.310 e. The van der Waals surface area contributed by atoms with Crippen LogP contribution in [-0.2, 0) is 5.41 Å². The van der Waals surface area contributed by atoms with Crippen LogP contribution in [0.2, 0.25) is 0 Å². The topological polar surface area (TPSA) is 3.24 Å². The van der Waals surface area contributed by atoms with Crippen LogP contribution in [0.3, 0.4) is 0 Å². The number of anilines is 3. The SMILES string of the molecule is C=CC1=C(C)C(C)(C)c2cc(-c3ccc(N(c4ccc(-c5ccccc5)cc4)c4cccc(-c5ccccc5)c4)cc3)ccc21. The fourth-order valence-corrected chi connectivity index (χ4v) is 6.62. The molecule has 1 nitrogen and oxygen atoms in total. The summed E-state index contributed by atoms with van der Waals surface area (Å²) in [6.07, 6.45) is 2.01. The molecule has 0 fully saturated rings. The summed E-state index contributed by atoms with van der Waals surface area (Å²) in [5, 5.41) is 0. The van der Waals surface area contributed by atoms with Crippen LogP contribution in [0.1, 0.15) is 31.9 Å². The van der Waals surface area contributed by atoms with E-state index in [0.717, 1.165) is 17.1 Å². The summed E-state index contributed by atoms with van der Waals surface area (Å²) < 4.78 is 0. The second-order valence-electron chi connectivity index (χ2n) is 12.3. The summed E-state index contributed by atoms with van der Waals surface area (Å²) in [5.41, 5.74) is 15.9. The Morgan fingerprint density at radius 2 is 0.956 bits per heavy atom. The van der Waals surface area contributed by atoms with Gasteiger partial charge in [0, 0.05) is 22.5 Å². The van der Waals surface area contributed by atoms with Gasteiger partial charge >= 0.3 is 0 Å². The number of hydrogen-bond acceptors (Lipinski definition) is 1. The lowest BCUT2D eigenvalue weighted by Gasteiger charge is -2.26. The molecule has 7 rings (SSSR count). The lowest BCUT2D eigenvalue weighted by Crippen LogP contribution is -2.15.